The van der Waals surface area contributed by atoms with Crippen molar-refractivity contribution >= 4 is 41.7 Å². The molecule has 0 amide bonds. The Morgan fingerprint density at radius 2 is 2.04 bits per heavy atom. The Kier molecular flexibility index (Phi) is 4.83. The van der Waals surface area contributed by atoms with Crippen LogP contribution in [-0.4, -0.2) is 11.9 Å². The van der Waals surface area contributed by atoms with Crippen LogP contribution in [-0.2, 0) is 6.54 Å². The molecular weight excluding hydrogens is 345 g/mol. The van der Waals surface area contributed by atoms with Crippen molar-refractivity contribution < 1.29 is 8.78 Å². The predicted molar refractivity (Wildman–Crippen MR) is 102 cm³/mol. The van der Waals surface area contributed by atoms with Gasteiger partial charge in [0, 0.05) is 24.4 Å². The van der Waals surface area contributed by atoms with E-state index in [1.165, 1.54) is 21.7 Å². The first-order valence-electron chi connectivity index (χ1n) is 7.32. The molecule has 0 aliphatic heterocycles. The fraction of sp³-hybridized carbons (Fsp3) is 0.111. The molecule has 3 aromatic rings. The van der Waals surface area contributed by atoms with Crippen molar-refractivity contribution in [3.05, 3.63) is 71.4 Å². The van der Waals surface area contributed by atoms with Gasteiger partial charge in [-0.1, -0.05) is 24.8 Å². The second-order valence-electron chi connectivity index (χ2n) is 5.54. The first kappa shape index (κ1) is 16.9. The van der Waals surface area contributed by atoms with Gasteiger partial charge in [0.15, 0.2) is 0 Å². The maximum absolute atomic E-state index is 13.9. The molecular formula is C18H17F2N2PS. The topological polar surface area (TPSA) is 15.3 Å². The number of thiophene rings is 1. The second kappa shape index (κ2) is 6.88. The van der Waals surface area contributed by atoms with Gasteiger partial charge in [-0.3, -0.25) is 0 Å². The number of hydrogen-bond donors (Lipinski definition) is 1. The van der Waals surface area contributed by atoms with E-state index in [1.807, 2.05) is 24.1 Å². The second-order valence-corrected chi connectivity index (χ2v) is 7.07. The van der Waals surface area contributed by atoms with Crippen molar-refractivity contribution in [3.63, 3.8) is 0 Å². The van der Waals surface area contributed by atoms with Crippen LogP contribution in [0.2, 0.25) is 0 Å². The van der Waals surface area contributed by atoms with Gasteiger partial charge in [-0.15, -0.1) is 20.6 Å². The summed E-state index contributed by atoms with van der Waals surface area (Å²) in [4.78, 5) is 1.90. The lowest BCUT2D eigenvalue weighted by atomic mass is 10.2. The van der Waals surface area contributed by atoms with Crippen molar-refractivity contribution in [2.24, 2.45) is 0 Å². The maximum Gasteiger partial charge on any atom is 0.150 e. The predicted octanol–water partition coefficient (Wildman–Crippen LogP) is 4.70. The molecule has 0 fully saturated rings. The lowest BCUT2D eigenvalue weighted by Crippen LogP contribution is -2.23. The van der Waals surface area contributed by atoms with Crippen molar-refractivity contribution in [2.45, 2.75) is 6.54 Å². The van der Waals surface area contributed by atoms with Crippen molar-refractivity contribution in [1.29, 1.82) is 0 Å². The highest BCUT2D eigenvalue weighted by molar-refractivity contribution is 7.28. The standard InChI is InChI=1S/C18H17F2N2PS/c1-11(21-18-15(20)7-13(19)8-16(18)23)22(2)9-12-10-24-17-6-4-3-5-14(12)17/h3-8,10,21H,1,9,23H2,2H3. The van der Waals surface area contributed by atoms with Crippen LogP contribution >= 0.6 is 20.6 Å². The van der Waals surface area contributed by atoms with Gasteiger partial charge < -0.3 is 10.2 Å². The van der Waals surface area contributed by atoms with Gasteiger partial charge in [-0.05, 0) is 33.8 Å². The molecule has 124 valence electrons. The minimum atomic E-state index is -0.643. The van der Waals surface area contributed by atoms with Gasteiger partial charge in [0.2, 0.25) is 0 Å². The molecule has 1 unspecified atom stereocenters. The Morgan fingerprint density at radius 1 is 1.29 bits per heavy atom. The third kappa shape index (κ3) is 3.42. The van der Waals surface area contributed by atoms with Crippen LogP contribution < -0.4 is 10.6 Å². The molecule has 1 aromatic heterocycles. The molecule has 0 saturated heterocycles. The number of nitrogens with one attached hydrogen (secondary N) is 1. The Labute approximate surface area is 146 Å². The fourth-order valence-electron chi connectivity index (χ4n) is 2.47. The van der Waals surface area contributed by atoms with E-state index in [0.29, 0.717) is 17.7 Å². The highest BCUT2D eigenvalue weighted by atomic mass is 32.1. The maximum atomic E-state index is 13.9. The normalized spacial score (nSPS) is 10.8. The molecule has 1 heterocycles. The molecule has 0 aliphatic rings. The Hall–Kier alpha value is -1.97. The van der Waals surface area contributed by atoms with Crippen LogP contribution in [0.4, 0.5) is 14.5 Å². The van der Waals surface area contributed by atoms with E-state index < -0.39 is 11.6 Å². The number of fused-ring (bicyclic) bond motifs is 1. The lowest BCUT2D eigenvalue weighted by molar-refractivity contribution is 0.419. The SMILES string of the molecule is C=C(Nc1c(F)cc(F)cc1P)N(C)Cc1csc2ccccc12. The highest BCUT2D eigenvalue weighted by Crippen LogP contribution is 2.27. The van der Waals surface area contributed by atoms with E-state index >= 15 is 0 Å². The smallest absolute Gasteiger partial charge is 0.150 e. The third-order valence-corrected chi connectivity index (χ3v) is 5.25. The Bertz CT molecular complexity index is 884. The minimum Gasteiger partial charge on any atom is -0.357 e. The van der Waals surface area contributed by atoms with Crippen molar-refractivity contribution in [3.8, 4) is 0 Å². The molecule has 3 rings (SSSR count). The van der Waals surface area contributed by atoms with Gasteiger partial charge in [-0.2, -0.15) is 0 Å². The quantitative estimate of drug-likeness (QED) is 0.662. The number of hydrogen-bond acceptors (Lipinski definition) is 3. The van der Waals surface area contributed by atoms with Gasteiger partial charge in [0.1, 0.15) is 11.6 Å². The van der Waals surface area contributed by atoms with Gasteiger partial charge in [-0.25, -0.2) is 8.78 Å². The number of nitrogens with zero attached hydrogens (tertiary/aromatic N) is 1. The summed E-state index contributed by atoms with van der Waals surface area (Å²) in [5.74, 6) is -0.707. The summed E-state index contributed by atoms with van der Waals surface area (Å²) in [5.41, 5.74) is 1.40. The van der Waals surface area contributed by atoms with Crippen LogP contribution in [0.5, 0.6) is 0 Å². The van der Waals surface area contributed by atoms with Gasteiger partial charge in [0.05, 0.1) is 11.5 Å². The van der Waals surface area contributed by atoms with E-state index in [1.54, 1.807) is 11.3 Å². The van der Waals surface area contributed by atoms with Crippen LogP contribution in [0.3, 0.4) is 0 Å². The largest absolute Gasteiger partial charge is 0.357 e. The molecule has 0 aliphatic carbocycles. The van der Waals surface area contributed by atoms with E-state index in [0.717, 1.165) is 6.07 Å². The van der Waals surface area contributed by atoms with Crippen molar-refractivity contribution in [1.82, 2.24) is 4.90 Å². The van der Waals surface area contributed by atoms with Gasteiger partial charge >= 0.3 is 0 Å². The highest BCUT2D eigenvalue weighted by Gasteiger charge is 2.13. The summed E-state index contributed by atoms with van der Waals surface area (Å²) >= 11 is 1.70. The average molecular weight is 362 g/mol. The zero-order valence-corrected chi connectivity index (χ0v) is 15.1. The Morgan fingerprint density at radius 3 is 2.79 bits per heavy atom. The molecule has 24 heavy (non-hydrogen) atoms. The summed E-state index contributed by atoms with van der Waals surface area (Å²) in [5, 5.41) is 6.69. The van der Waals surface area contributed by atoms with E-state index in [4.69, 9.17) is 0 Å². The van der Waals surface area contributed by atoms with Crippen LogP contribution in [0.15, 0.2) is 54.2 Å². The van der Waals surface area contributed by atoms with E-state index in [9.17, 15) is 8.78 Å². The summed E-state index contributed by atoms with van der Waals surface area (Å²) in [6.07, 6.45) is 0. The zero-order chi connectivity index (χ0) is 17.3. The molecule has 0 saturated carbocycles. The van der Waals surface area contributed by atoms with Crippen LogP contribution in [0, 0.1) is 11.6 Å². The summed E-state index contributed by atoms with van der Waals surface area (Å²) < 4.78 is 28.4. The average Bonchev–Trinajstić information content (AvgIpc) is 2.94. The van der Waals surface area contributed by atoms with Crippen molar-refractivity contribution in [2.75, 3.05) is 12.4 Å². The molecule has 2 nitrogen and oxygen atoms in total. The molecule has 0 spiro atoms. The summed E-state index contributed by atoms with van der Waals surface area (Å²) in [7, 11) is 4.21. The Balaban J connectivity index is 1.76. The van der Waals surface area contributed by atoms with Crippen LogP contribution in [0.1, 0.15) is 5.56 Å². The zero-order valence-electron chi connectivity index (χ0n) is 13.1. The molecule has 6 heteroatoms. The van der Waals surface area contributed by atoms with E-state index in [2.05, 4.69) is 38.6 Å². The third-order valence-electron chi connectivity index (χ3n) is 3.78. The molecule has 0 radical (unpaired) electrons. The molecule has 0 bridgehead atoms. The molecule has 1 N–H and O–H groups in total. The minimum absolute atomic E-state index is 0.216. The lowest BCUT2D eigenvalue weighted by Gasteiger charge is -2.23. The van der Waals surface area contributed by atoms with E-state index in [-0.39, 0.29) is 5.69 Å². The first-order valence-corrected chi connectivity index (χ1v) is 8.78. The number of halogens is 2. The fourth-order valence-corrected chi connectivity index (χ4v) is 3.79. The van der Waals surface area contributed by atoms with Gasteiger partial charge in [0.25, 0.3) is 0 Å². The monoisotopic (exact) mass is 362 g/mol. The molecule has 2 aromatic carbocycles. The van der Waals surface area contributed by atoms with Crippen LogP contribution in [0.25, 0.3) is 10.1 Å². The molecule has 1 atom stereocenters. The number of benzene rings is 2. The number of anilines is 1. The number of rotatable bonds is 5. The first-order chi connectivity index (χ1) is 11.5. The summed E-state index contributed by atoms with van der Waals surface area (Å²) in [6.45, 7) is 4.61. The summed E-state index contributed by atoms with van der Waals surface area (Å²) in [6, 6.07) is 10.3.